The standard InChI is InChI=1S/C48H97NO2.K/c1-4-7-10-12-14-16-18-20-22-24-26-28-30-32-34-36-38-40-42-45-49(47(48(50)51)44-9-6-3)46-43-41-39-37-35-33-31-29-27-25-23-21-19-17-15-13-11-8-5-2;/h47H,4-46H2,1-3H3,(H,50,51);/q;+1/p-1. The van der Waals surface area contributed by atoms with Crippen molar-refractivity contribution < 1.29 is 61.3 Å². The van der Waals surface area contributed by atoms with Crippen LogP contribution in [0.25, 0.3) is 0 Å². The van der Waals surface area contributed by atoms with Gasteiger partial charge in [-0.1, -0.05) is 265 Å². The predicted octanol–water partition coefficient (Wildman–Crippen LogP) is 12.5. The molecule has 4 heteroatoms. The first-order valence-electron chi connectivity index (χ1n) is 24.1. The topological polar surface area (TPSA) is 43.4 Å². The van der Waals surface area contributed by atoms with Crippen molar-refractivity contribution in [3.63, 3.8) is 0 Å². The summed E-state index contributed by atoms with van der Waals surface area (Å²) in [6, 6.07) is -0.393. The van der Waals surface area contributed by atoms with Crippen LogP contribution in [0.2, 0.25) is 0 Å². The first-order chi connectivity index (χ1) is 25.2. The number of carbonyl (C=O) groups excluding carboxylic acids is 1. The van der Waals surface area contributed by atoms with Gasteiger partial charge in [0, 0.05) is 6.04 Å². The molecule has 0 spiro atoms. The zero-order valence-corrected chi connectivity index (χ0v) is 39.9. The minimum Gasteiger partial charge on any atom is -0.548 e. The summed E-state index contributed by atoms with van der Waals surface area (Å²) in [5, 5.41) is 12.1. The Bertz CT molecular complexity index is 616. The number of carboxylic acid groups (broad SMARTS) is 1. The number of hydrogen-bond acceptors (Lipinski definition) is 3. The second kappa shape index (κ2) is 48.2. The van der Waals surface area contributed by atoms with E-state index in [1.165, 1.54) is 231 Å². The van der Waals surface area contributed by atoms with Crippen LogP contribution in [0, 0.1) is 0 Å². The Balaban J connectivity index is 0. The monoisotopic (exact) mass is 758 g/mol. The van der Waals surface area contributed by atoms with Crippen molar-refractivity contribution in [1.29, 1.82) is 0 Å². The molecule has 0 heterocycles. The number of unbranched alkanes of at least 4 members (excludes halogenated alkanes) is 37. The van der Waals surface area contributed by atoms with Gasteiger partial charge in [-0.3, -0.25) is 4.90 Å². The van der Waals surface area contributed by atoms with E-state index in [0.717, 1.165) is 45.2 Å². The largest absolute Gasteiger partial charge is 1.00 e. The molecule has 306 valence electrons. The van der Waals surface area contributed by atoms with Crippen LogP contribution in [-0.4, -0.2) is 30.0 Å². The zero-order chi connectivity index (χ0) is 37.1. The van der Waals surface area contributed by atoms with Crippen molar-refractivity contribution in [2.75, 3.05) is 13.1 Å². The molecular formula is C48H96KNO2. The van der Waals surface area contributed by atoms with Crippen molar-refractivity contribution in [2.45, 2.75) is 290 Å². The van der Waals surface area contributed by atoms with E-state index < -0.39 is 12.0 Å². The third-order valence-electron chi connectivity index (χ3n) is 11.6. The van der Waals surface area contributed by atoms with Crippen LogP contribution in [0.3, 0.4) is 0 Å². The van der Waals surface area contributed by atoms with Crippen molar-refractivity contribution in [2.24, 2.45) is 0 Å². The van der Waals surface area contributed by atoms with E-state index in [9.17, 15) is 9.90 Å². The quantitative estimate of drug-likeness (QED) is 0.0459. The minimum absolute atomic E-state index is 0. The maximum Gasteiger partial charge on any atom is 1.00 e. The van der Waals surface area contributed by atoms with Crippen LogP contribution in [-0.2, 0) is 4.79 Å². The molecule has 3 nitrogen and oxygen atoms in total. The summed E-state index contributed by atoms with van der Waals surface area (Å²) in [7, 11) is 0. The molecule has 0 aromatic rings. The summed E-state index contributed by atoms with van der Waals surface area (Å²) in [5.41, 5.74) is 0. The van der Waals surface area contributed by atoms with Crippen molar-refractivity contribution in [1.82, 2.24) is 4.90 Å². The zero-order valence-electron chi connectivity index (χ0n) is 36.7. The van der Waals surface area contributed by atoms with Crippen LogP contribution in [0.15, 0.2) is 0 Å². The number of nitrogens with zero attached hydrogens (tertiary/aromatic N) is 1. The maximum atomic E-state index is 12.1. The smallest absolute Gasteiger partial charge is 0.548 e. The number of carbonyl (C=O) groups is 1. The number of aliphatic carboxylic acids is 1. The predicted molar refractivity (Wildman–Crippen MR) is 227 cm³/mol. The SMILES string of the molecule is CCCCCCCCCCCCCCCCCCCCCN(CCCCCCCCCCCCCCCCCCCCC)C(CCCC)C(=O)[O-].[K+]. The average molecular weight is 758 g/mol. The second-order valence-corrected chi connectivity index (χ2v) is 16.7. The summed E-state index contributed by atoms with van der Waals surface area (Å²) < 4.78 is 0. The molecular weight excluding hydrogens is 662 g/mol. The fourth-order valence-corrected chi connectivity index (χ4v) is 8.06. The van der Waals surface area contributed by atoms with Crippen LogP contribution in [0.5, 0.6) is 0 Å². The van der Waals surface area contributed by atoms with Gasteiger partial charge in [-0.15, -0.1) is 0 Å². The first kappa shape index (κ1) is 55.2. The Kier molecular flexibility index (Phi) is 51.2. The molecule has 0 bridgehead atoms. The Hall–Kier alpha value is 1.07. The molecule has 0 saturated carbocycles. The van der Waals surface area contributed by atoms with Gasteiger partial charge >= 0.3 is 51.4 Å². The third kappa shape index (κ3) is 42.2. The van der Waals surface area contributed by atoms with Gasteiger partial charge in [-0.2, -0.15) is 0 Å². The number of hydrogen-bond donors (Lipinski definition) is 0. The molecule has 0 N–H and O–H groups in total. The summed E-state index contributed by atoms with van der Waals surface area (Å²) in [4.78, 5) is 14.4. The molecule has 0 amide bonds. The number of rotatable bonds is 45. The molecule has 0 fully saturated rings. The van der Waals surface area contributed by atoms with Gasteiger partial charge in [0.1, 0.15) is 0 Å². The maximum absolute atomic E-state index is 12.1. The van der Waals surface area contributed by atoms with E-state index in [0.29, 0.717) is 0 Å². The van der Waals surface area contributed by atoms with Gasteiger partial charge in [0.25, 0.3) is 0 Å². The van der Waals surface area contributed by atoms with Crippen LogP contribution in [0.4, 0.5) is 0 Å². The van der Waals surface area contributed by atoms with Gasteiger partial charge in [-0.25, -0.2) is 0 Å². The van der Waals surface area contributed by atoms with E-state index in [2.05, 4.69) is 25.7 Å². The molecule has 0 radical (unpaired) electrons. The van der Waals surface area contributed by atoms with E-state index in [1.807, 2.05) is 0 Å². The van der Waals surface area contributed by atoms with Crippen molar-refractivity contribution in [3.05, 3.63) is 0 Å². The fraction of sp³-hybridized carbons (Fsp3) is 0.979. The second-order valence-electron chi connectivity index (χ2n) is 16.7. The Morgan fingerprint density at radius 3 is 0.731 bits per heavy atom. The van der Waals surface area contributed by atoms with E-state index >= 15 is 0 Å². The van der Waals surface area contributed by atoms with E-state index in [1.54, 1.807) is 0 Å². The molecule has 0 aromatic carbocycles. The van der Waals surface area contributed by atoms with Gasteiger partial charge in [0.05, 0.1) is 5.97 Å². The molecule has 0 aliphatic heterocycles. The van der Waals surface area contributed by atoms with Crippen molar-refractivity contribution >= 4 is 5.97 Å². The molecule has 52 heavy (non-hydrogen) atoms. The van der Waals surface area contributed by atoms with Crippen LogP contribution in [0.1, 0.15) is 284 Å². The molecule has 0 rings (SSSR count). The molecule has 0 aromatic heterocycles. The van der Waals surface area contributed by atoms with Crippen LogP contribution < -0.4 is 56.5 Å². The Morgan fingerprint density at radius 2 is 0.538 bits per heavy atom. The molecule has 1 atom stereocenters. The fourth-order valence-electron chi connectivity index (χ4n) is 8.06. The number of carboxylic acids is 1. The Labute approximate surface area is 372 Å². The summed E-state index contributed by atoms with van der Waals surface area (Å²) in [6.45, 7) is 8.62. The summed E-state index contributed by atoms with van der Waals surface area (Å²) in [6.07, 6.45) is 55.6. The van der Waals surface area contributed by atoms with Crippen molar-refractivity contribution in [3.8, 4) is 0 Å². The van der Waals surface area contributed by atoms with Gasteiger partial charge < -0.3 is 9.90 Å². The van der Waals surface area contributed by atoms with E-state index in [4.69, 9.17) is 0 Å². The summed E-state index contributed by atoms with van der Waals surface area (Å²) in [5.74, 6) is -0.848. The summed E-state index contributed by atoms with van der Waals surface area (Å²) >= 11 is 0. The molecule has 1 unspecified atom stereocenters. The normalized spacial score (nSPS) is 12.1. The van der Waals surface area contributed by atoms with E-state index in [-0.39, 0.29) is 51.4 Å². The minimum atomic E-state index is -0.848. The molecule has 0 aliphatic carbocycles. The van der Waals surface area contributed by atoms with Gasteiger partial charge in [0.2, 0.25) is 0 Å². The Morgan fingerprint density at radius 1 is 0.346 bits per heavy atom. The third-order valence-corrected chi connectivity index (χ3v) is 11.6. The van der Waals surface area contributed by atoms with Gasteiger partial charge in [0.15, 0.2) is 0 Å². The molecule has 0 saturated heterocycles. The molecule has 0 aliphatic rings. The van der Waals surface area contributed by atoms with Crippen LogP contribution >= 0.6 is 0 Å². The average Bonchev–Trinajstić information content (AvgIpc) is 3.13. The van der Waals surface area contributed by atoms with Gasteiger partial charge in [-0.05, 0) is 32.4 Å². The first-order valence-corrected chi connectivity index (χ1v) is 24.1.